The summed E-state index contributed by atoms with van der Waals surface area (Å²) in [6, 6.07) is 17.1. The maximum absolute atomic E-state index is 13.0. The van der Waals surface area contributed by atoms with Crippen LogP contribution in [-0.2, 0) is 0 Å². The summed E-state index contributed by atoms with van der Waals surface area (Å²) in [5.74, 6) is -0.0409. The predicted octanol–water partition coefficient (Wildman–Crippen LogP) is 4.81. The first-order valence-corrected chi connectivity index (χ1v) is 8.38. The van der Waals surface area contributed by atoms with Gasteiger partial charge >= 0.3 is 0 Å². The van der Waals surface area contributed by atoms with Crippen molar-refractivity contribution < 1.29 is 4.79 Å². The summed E-state index contributed by atoms with van der Waals surface area (Å²) in [6.07, 6.45) is 3.08. The number of carbonyl (C=O) groups excluding carboxylic acids is 1. The number of aryl methyl sites for hydroxylation is 1. The van der Waals surface area contributed by atoms with Gasteiger partial charge in [0.25, 0.3) is 5.91 Å². The fraction of sp³-hybridized carbons (Fsp3) is 0.100. The summed E-state index contributed by atoms with van der Waals surface area (Å²) in [5.41, 5.74) is 4.35. The van der Waals surface area contributed by atoms with Crippen LogP contribution in [0, 0.1) is 6.92 Å². The van der Waals surface area contributed by atoms with Crippen LogP contribution in [0.15, 0.2) is 67.0 Å². The molecule has 1 amide bonds. The van der Waals surface area contributed by atoms with Crippen LogP contribution in [0.4, 0.5) is 11.4 Å². The number of amides is 1. The summed E-state index contributed by atoms with van der Waals surface area (Å²) in [4.78, 5) is 18.9. The van der Waals surface area contributed by atoms with Crippen LogP contribution in [0.2, 0.25) is 5.02 Å². The minimum absolute atomic E-state index is 0.0409. The second-order valence-electron chi connectivity index (χ2n) is 5.98. The van der Waals surface area contributed by atoms with Crippen molar-refractivity contribution in [2.45, 2.75) is 13.1 Å². The van der Waals surface area contributed by atoms with E-state index in [1.807, 2.05) is 61.5 Å². The molecule has 4 nitrogen and oxygen atoms in total. The topological polar surface area (TPSA) is 45.2 Å². The number of halogens is 1. The summed E-state index contributed by atoms with van der Waals surface area (Å²) < 4.78 is 0. The summed E-state index contributed by atoms with van der Waals surface area (Å²) in [7, 11) is 0. The van der Waals surface area contributed by atoms with Crippen molar-refractivity contribution >= 4 is 28.9 Å². The number of anilines is 2. The molecule has 0 saturated heterocycles. The minimum atomic E-state index is -0.315. The number of aromatic nitrogens is 1. The molecule has 0 fully saturated rings. The van der Waals surface area contributed by atoms with Crippen LogP contribution in [-0.4, -0.2) is 10.9 Å². The zero-order chi connectivity index (χ0) is 17.4. The van der Waals surface area contributed by atoms with E-state index in [1.54, 1.807) is 17.3 Å². The Labute approximate surface area is 151 Å². The van der Waals surface area contributed by atoms with Crippen LogP contribution in [0.5, 0.6) is 0 Å². The van der Waals surface area contributed by atoms with E-state index < -0.39 is 0 Å². The highest BCUT2D eigenvalue weighted by atomic mass is 35.5. The minimum Gasteiger partial charge on any atom is -0.361 e. The van der Waals surface area contributed by atoms with Crippen molar-refractivity contribution in [1.29, 1.82) is 0 Å². The van der Waals surface area contributed by atoms with E-state index in [-0.39, 0.29) is 12.1 Å². The van der Waals surface area contributed by atoms with Gasteiger partial charge in [-0.15, -0.1) is 0 Å². The van der Waals surface area contributed by atoms with Crippen LogP contribution >= 0.6 is 11.6 Å². The first-order valence-electron chi connectivity index (χ1n) is 8.00. The second kappa shape index (κ2) is 6.22. The zero-order valence-electron chi connectivity index (χ0n) is 13.6. The van der Waals surface area contributed by atoms with Gasteiger partial charge in [0.05, 0.1) is 11.9 Å². The average Bonchev–Trinajstić information content (AvgIpc) is 2.91. The van der Waals surface area contributed by atoms with Gasteiger partial charge in [-0.25, -0.2) is 0 Å². The zero-order valence-corrected chi connectivity index (χ0v) is 14.4. The molecule has 0 saturated carbocycles. The largest absolute Gasteiger partial charge is 0.361 e. The third kappa shape index (κ3) is 2.75. The third-order valence-electron chi connectivity index (χ3n) is 4.38. The number of nitrogens with zero attached hydrogens (tertiary/aromatic N) is 2. The molecule has 2 heterocycles. The Morgan fingerprint density at radius 1 is 1.12 bits per heavy atom. The molecule has 124 valence electrons. The Kier molecular flexibility index (Phi) is 3.90. The quantitative estimate of drug-likeness (QED) is 0.737. The van der Waals surface area contributed by atoms with Gasteiger partial charge in [0.15, 0.2) is 0 Å². The molecule has 1 N–H and O–H groups in total. The highest BCUT2D eigenvalue weighted by Crippen LogP contribution is 2.38. The summed E-state index contributed by atoms with van der Waals surface area (Å²) >= 11 is 6.15. The Morgan fingerprint density at radius 2 is 1.96 bits per heavy atom. The molecule has 1 unspecified atom stereocenters. The predicted molar refractivity (Wildman–Crippen MR) is 100 cm³/mol. The Hall–Kier alpha value is -2.85. The highest BCUT2D eigenvalue weighted by molar-refractivity contribution is 6.30. The van der Waals surface area contributed by atoms with Crippen LogP contribution in [0.25, 0.3) is 0 Å². The molecule has 1 aromatic heterocycles. The lowest BCUT2D eigenvalue weighted by atomic mass is 10.1. The number of benzene rings is 2. The van der Waals surface area contributed by atoms with Crippen molar-refractivity contribution in [1.82, 2.24) is 4.98 Å². The molecule has 0 bridgehead atoms. The van der Waals surface area contributed by atoms with Gasteiger partial charge in [0.1, 0.15) is 6.17 Å². The number of hydrogen-bond acceptors (Lipinski definition) is 3. The normalized spacial score (nSPS) is 16.0. The maximum Gasteiger partial charge on any atom is 0.260 e. The fourth-order valence-electron chi connectivity index (χ4n) is 3.12. The molecule has 0 radical (unpaired) electrons. The number of rotatable bonds is 3. The number of pyridine rings is 1. The van der Waals surface area contributed by atoms with Crippen LogP contribution < -0.4 is 10.2 Å². The molecular formula is C20H16ClN3O. The molecule has 0 aliphatic carbocycles. The van der Waals surface area contributed by atoms with Gasteiger partial charge in [0, 0.05) is 28.0 Å². The van der Waals surface area contributed by atoms with Crippen LogP contribution in [0.3, 0.4) is 0 Å². The smallest absolute Gasteiger partial charge is 0.260 e. The maximum atomic E-state index is 13.0. The number of nitrogens with one attached hydrogen (secondary N) is 1. The molecule has 25 heavy (non-hydrogen) atoms. The van der Waals surface area contributed by atoms with Gasteiger partial charge in [-0.05, 0) is 42.8 Å². The summed E-state index contributed by atoms with van der Waals surface area (Å²) in [5, 5.41) is 4.13. The van der Waals surface area contributed by atoms with Gasteiger partial charge in [0.2, 0.25) is 0 Å². The van der Waals surface area contributed by atoms with Gasteiger partial charge in [-0.3, -0.25) is 14.7 Å². The number of carbonyl (C=O) groups is 1. The van der Waals surface area contributed by atoms with E-state index in [4.69, 9.17) is 11.6 Å². The highest BCUT2D eigenvalue weighted by Gasteiger charge is 2.37. The third-order valence-corrected chi connectivity index (χ3v) is 4.61. The van der Waals surface area contributed by atoms with E-state index in [0.717, 1.165) is 22.5 Å². The van der Waals surface area contributed by atoms with Crippen molar-refractivity contribution in [3.63, 3.8) is 0 Å². The Morgan fingerprint density at radius 3 is 2.76 bits per heavy atom. The standard InChI is InChI=1S/C20H16ClN3O/c1-13-8-9-14(21)11-18(13)23-19-16-6-2-3-7-17(16)20(25)24(19)15-5-4-10-22-12-15/h2-12,19,23H,1H3. The van der Waals surface area contributed by atoms with E-state index in [2.05, 4.69) is 10.3 Å². The lowest BCUT2D eigenvalue weighted by Crippen LogP contribution is -2.32. The molecule has 5 heteroatoms. The lowest BCUT2D eigenvalue weighted by Gasteiger charge is -2.27. The molecule has 2 aromatic carbocycles. The molecule has 1 aliphatic heterocycles. The first-order chi connectivity index (χ1) is 12.1. The monoisotopic (exact) mass is 349 g/mol. The summed E-state index contributed by atoms with van der Waals surface area (Å²) in [6.45, 7) is 2.01. The molecule has 1 atom stereocenters. The molecule has 3 aromatic rings. The Balaban J connectivity index is 1.81. The van der Waals surface area contributed by atoms with Crippen molar-refractivity contribution in [3.05, 3.63) is 88.7 Å². The molecule has 1 aliphatic rings. The SMILES string of the molecule is Cc1ccc(Cl)cc1NC1c2ccccc2C(=O)N1c1cccnc1. The van der Waals surface area contributed by atoms with Gasteiger partial charge in [-0.2, -0.15) is 0 Å². The molecule has 0 spiro atoms. The van der Waals surface area contributed by atoms with Crippen molar-refractivity contribution in [3.8, 4) is 0 Å². The van der Waals surface area contributed by atoms with Gasteiger partial charge in [-0.1, -0.05) is 35.9 Å². The average molecular weight is 350 g/mol. The first kappa shape index (κ1) is 15.7. The van der Waals surface area contributed by atoms with Crippen molar-refractivity contribution in [2.24, 2.45) is 0 Å². The Bertz CT molecular complexity index is 943. The molecular weight excluding hydrogens is 334 g/mol. The fourth-order valence-corrected chi connectivity index (χ4v) is 3.29. The van der Waals surface area contributed by atoms with Crippen LogP contribution in [0.1, 0.15) is 27.7 Å². The van der Waals surface area contributed by atoms with E-state index in [0.29, 0.717) is 10.6 Å². The number of hydrogen-bond donors (Lipinski definition) is 1. The van der Waals surface area contributed by atoms with Gasteiger partial charge < -0.3 is 5.32 Å². The second-order valence-corrected chi connectivity index (χ2v) is 6.42. The van der Waals surface area contributed by atoms with E-state index in [1.165, 1.54) is 0 Å². The van der Waals surface area contributed by atoms with E-state index in [9.17, 15) is 4.79 Å². The lowest BCUT2D eigenvalue weighted by molar-refractivity contribution is 0.0993. The van der Waals surface area contributed by atoms with E-state index >= 15 is 0 Å². The number of fused-ring (bicyclic) bond motifs is 1. The molecule has 4 rings (SSSR count). The van der Waals surface area contributed by atoms with Crippen molar-refractivity contribution in [2.75, 3.05) is 10.2 Å².